The Bertz CT molecular complexity index is 138. The van der Waals surface area contributed by atoms with Crippen molar-refractivity contribution in [1.29, 1.82) is 0 Å². The molecule has 0 aliphatic rings. The largest absolute Gasteiger partial charge is 0.420 e. The van der Waals surface area contributed by atoms with Crippen LogP contribution in [0.5, 0.6) is 0 Å². The molecule has 0 unspecified atom stereocenters. The van der Waals surface area contributed by atoms with E-state index in [4.69, 9.17) is 5.73 Å². The Hall–Kier alpha value is 0.604. The first kappa shape index (κ1) is 8.60. The molecule has 0 fully saturated rings. The molecule has 0 saturated carbocycles. The number of anilines is 1. The molecule has 0 aromatic heterocycles. The van der Waals surface area contributed by atoms with Gasteiger partial charge in [0.2, 0.25) is 0 Å². The summed E-state index contributed by atoms with van der Waals surface area (Å²) in [7, 11) is 0. The van der Waals surface area contributed by atoms with Crippen LogP contribution in [0.15, 0.2) is 24.3 Å². The molecule has 0 heterocycles. The van der Waals surface area contributed by atoms with Gasteiger partial charge in [0.05, 0.1) is 0 Å². The molecule has 43 valence electrons. The average molecular weight is 244 g/mol. The van der Waals surface area contributed by atoms with Crippen molar-refractivity contribution in [1.82, 2.24) is 0 Å². The van der Waals surface area contributed by atoms with E-state index in [1.54, 1.807) is 12.1 Å². The summed E-state index contributed by atoms with van der Waals surface area (Å²) in [4.78, 5) is 0. The second-order valence-corrected chi connectivity index (χ2v) is 1.32. The molecule has 0 spiro atoms. The average Bonchev–Trinajstić information content (AvgIpc) is 1.69. The maximum atomic E-state index is 5.30. The fraction of sp³-hybridized carbons (Fsp3) is 0. The van der Waals surface area contributed by atoms with Gasteiger partial charge in [-0.3, -0.25) is 0 Å². The van der Waals surface area contributed by atoms with Gasteiger partial charge >= 0.3 is 0 Å². The molecule has 1 nitrogen and oxygen atoms in total. The summed E-state index contributed by atoms with van der Waals surface area (Å²) >= 11 is 0. The summed E-state index contributed by atoms with van der Waals surface area (Å²) in [6, 6.07) is 10.2. The predicted molar refractivity (Wildman–Crippen MR) is 29.7 cm³/mol. The smallest absolute Gasteiger partial charge is 0 e. The molecule has 1 aromatic carbocycles. The van der Waals surface area contributed by atoms with Gasteiger partial charge in [-0.05, 0) is 0 Å². The first-order valence-electron chi connectivity index (χ1n) is 2.12. The third kappa shape index (κ3) is 2.80. The van der Waals surface area contributed by atoms with Gasteiger partial charge in [-0.1, -0.05) is 5.69 Å². The molecule has 8 heavy (non-hydrogen) atoms. The molecule has 1 radical (unpaired) electrons. The SMILES string of the molecule is Nc1[c-]cccc1.[Eu]. The number of rotatable bonds is 0. The van der Waals surface area contributed by atoms with Gasteiger partial charge in [0, 0.05) is 49.4 Å². The second kappa shape index (κ2) is 4.48. The van der Waals surface area contributed by atoms with Crippen LogP contribution in [0.3, 0.4) is 0 Å². The van der Waals surface area contributed by atoms with E-state index in [9.17, 15) is 0 Å². The van der Waals surface area contributed by atoms with Gasteiger partial charge in [-0.25, -0.2) is 0 Å². The number of benzene rings is 1. The molecule has 1 rings (SSSR count). The van der Waals surface area contributed by atoms with Crippen LogP contribution < -0.4 is 5.73 Å². The predicted octanol–water partition coefficient (Wildman–Crippen LogP) is 1.07. The molecule has 0 aliphatic heterocycles. The van der Waals surface area contributed by atoms with Gasteiger partial charge in [0.25, 0.3) is 0 Å². The van der Waals surface area contributed by atoms with Crippen LogP contribution in [0, 0.1) is 55.4 Å². The van der Waals surface area contributed by atoms with Crippen LogP contribution in [0.1, 0.15) is 0 Å². The molecule has 0 amide bonds. The first-order chi connectivity index (χ1) is 3.39. The van der Waals surface area contributed by atoms with E-state index in [1.165, 1.54) is 0 Å². The molecule has 2 N–H and O–H groups in total. The minimum absolute atomic E-state index is 0. The third-order valence-electron chi connectivity index (χ3n) is 0.733. The second-order valence-electron chi connectivity index (χ2n) is 1.32. The van der Waals surface area contributed by atoms with Crippen molar-refractivity contribution < 1.29 is 49.4 Å². The van der Waals surface area contributed by atoms with Gasteiger partial charge in [-0.2, -0.15) is 24.3 Å². The monoisotopic (exact) mass is 245 g/mol. The number of para-hydroxylation sites is 1. The fourth-order valence-electron chi connectivity index (χ4n) is 0.407. The zero-order chi connectivity index (χ0) is 5.11. The van der Waals surface area contributed by atoms with Crippen LogP contribution in [-0.2, 0) is 0 Å². The molecule has 0 bridgehead atoms. The van der Waals surface area contributed by atoms with E-state index in [0.29, 0.717) is 5.69 Å². The fourth-order valence-corrected chi connectivity index (χ4v) is 0.407. The van der Waals surface area contributed by atoms with Crippen LogP contribution in [-0.4, -0.2) is 0 Å². The summed E-state index contributed by atoms with van der Waals surface area (Å²) in [6.07, 6.45) is 0. The summed E-state index contributed by atoms with van der Waals surface area (Å²) < 4.78 is 0. The Morgan fingerprint density at radius 1 is 1.38 bits per heavy atom. The molecular formula is C6H6EuN-. The van der Waals surface area contributed by atoms with E-state index in [0.717, 1.165) is 0 Å². The number of hydrogen-bond donors (Lipinski definition) is 1. The van der Waals surface area contributed by atoms with Gasteiger partial charge in [0.1, 0.15) is 0 Å². The van der Waals surface area contributed by atoms with Gasteiger partial charge in [0.15, 0.2) is 0 Å². The van der Waals surface area contributed by atoms with E-state index in [-0.39, 0.29) is 49.4 Å². The van der Waals surface area contributed by atoms with Crippen LogP contribution in [0.2, 0.25) is 0 Å². The molecule has 0 saturated heterocycles. The van der Waals surface area contributed by atoms with Crippen molar-refractivity contribution >= 4 is 5.69 Å². The number of nitrogen functional groups attached to an aromatic ring is 1. The minimum Gasteiger partial charge on any atom is -0.420 e. The Kier molecular flexibility index (Phi) is 4.82. The van der Waals surface area contributed by atoms with E-state index in [1.807, 2.05) is 12.1 Å². The summed E-state index contributed by atoms with van der Waals surface area (Å²) in [5.41, 5.74) is 6.00. The maximum absolute atomic E-state index is 5.30. The zero-order valence-electron chi connectivity index (χ0n) is 4.26. The van der Waals surface area contributed by atoms with E-state index in [2.05, 4.69) is 6.07 Å². The first-order valence-corrected chi connectivity index (χ1v) is 2.12. The van der Waals surface area contributed by atoms with Crippen molar-refractivity contribution in [3.05, 3.63) is 30.3 Å². The van der Waals surface area contributed by atoms with Crippen LogP contribution in [0.25, 0.3) is 0 Å². The summed E-state index contributed by atoms with van der Waals surface area (Å²) in [5.74, 6) is 0. The minimum atomic E-state index is 0. The van der Waals surface area contributed by atoms with Gasteiger partial charge < -0.3 is 5.73 Å². The topological polar surface area (TPSA) is 26.0 Å². The molecule has 0 atom stereocenters. The number of nitrogens with two attached hydrogens (primary N) is 1. The van der Waals surface area contributed by atoms with Crippen molar-refractivity contribution in [3.63, 3.8) is 0 Å². The third-order valence-corrected chi connectivity index (χ3v) is 0.733. The quantitative estimate of drug-likeness (QED) is 0.536. The summed E-state index contributed by atoms with van der Waals surface area (Å²) in [5, 5.41) is 0. The molecule has 1 aromatic rings. The Morgan fingerprint density at radius 3 is 2.38 bits per heavy atom. The van der Waals surface area contributed by atoms with E-state index < -0.39 is 0 Å². The van der Waals surface area contributed by atoms with Crippen LogP contribution >= 0.6 is 0 Å². The maximum Gasteiger partial charge on any atom is 0 e. The zero-order valence-corrected chi connectivity index (χ0v) is 6.69. The standard InChI is InChI=1S/C6H6N.Eu/c7-6-4-2-1-3-5-6;/h1-4H,7H2;/q-1;. The van der Waals surface area contributed by atoms with Crippen molar-refractivity contribution in [3.8, 4) is 0 Å². The molecule has 0 aliphatic carbocycles. The van der Waals surface area contributed by atoms with Gasteiger partial charge in [-0.15, -0.1) is 6.07 Å². The molecular weight excluding hydrogens is 238 g/mol. The number of hydrogen-bond acceptors (Lipinski definition) is 1. The normalized spacial score (nSPS) is 7.50. The Labute approximate surface area is 89.8 Å². The molecule has 2 heteroatoms. The van der Waals surface area contributed by atoms with E-state index >= 15 is 0 Å². The van der Waals surface area contributed by atoms with Crippen LogP contribution in [0.4, 0.5) is 5.69 Å². The van der Waals surface area contributed by atoms with Crippen molar-refractivity contribution in [2.45, 2.75) is 0 Å². The Balaban J connectivity index is 0.000000490. The Morgan fingerprint density at radius 2 is 2.12 bits per heavy atom. The van der Waals surface area contributed by atoms with Crippen molar-refractivity contribution in [2.75, 3.05) is 5.73 Å². The summed E-state index contributed by atoms with van der Waals surface area (Å²) in [6.45, 7) is 0. The van der Waals surface area contributed by atoms with Crippen molar-refractivity contribution in [2.24, 2.45) is 0 Å².